The summed E-state index contributed by atoms with van der Waals surface area (Å²) in [6.45, 7) is 3.75. The van der Waals surface area contributed by atoms with Gasteiger partial charge < -0.3 is 14.8 Å². The molecule has 8 nitrogen and oxygen atoms in total. The minimum absolute atomic E-state index is 0.105. The van der Waals surface area contributed by atoms with Crippen molar-refractivity contribution in [1.82, 2.24) is 9.97 Å². The van der Waals surface area contributed by atoms with Crippen LogP contribution in [0.3, 0.4) is 0 Å². The van der Waals surface area contributed by atoms with E-state index in [0.717, 1.165) is 6.26 Å². The zero-order valence-electron chi connectivity index (χ0n) is 16.7. The van der Waals surface area contributed by atoms with Gasteiger partial charge in [0, 0.05) is 24.1 Å². The molecular weight excluding hydrogens is 406 g/mol. The Kier molecular flexibility index (Phi) is 6.31. The molecule has 1 N–H and O–H groups in total. The standard InChI is InChI=1S/C21H21N3O5S/c1-14(2)28-17-10-15(21(25)24-20-8-9-22-13-23-20)11-18(12-17)29-16-4-6-19(7-5-16)30(3,26)27/h4-14H,1-3H3,(H,22,23,24,25). The van der Waals surface area contributed by atoms with E-state index >= 15 is 0 Å². The molecule has 2 aromatic carbocycles. The normalized spacial score (nSPS) is 11.2. The van der Waals surface area contributed by atoms with Crippen LogP contribution in [0.25, 0.3) is 0 Å². The van der Waals surface area contributed by atoms with Crippen molar-refractivity contribution < 1.29 is 22.7 Å². The van der Waals surface area contributed by atoms with E-state index in [9.17, 15) is 13.2 Å². The number of rotatable bonds is 7. The van der Waals surface area contributed by atoms with E-state index in [4.69, 9.17) is 9.47 Å². The average Bonchev–Trinajstić information content (AvgIpc) is 2.68. The Hall–Kier alpha value is -3.46. The maximum absolute atomic E-state index is 12.7. The van der Waals surface area contributed by atoms with Crippen LogP contribution in [0, 0.1) is 0 Å². The van der Waals surface area contributed by atoms with Crippen molar-refractivity contribution in [3.05, 3.63) is 66.6 Å². The van der Waals surface area contributed by atoms with Gasteiger partial charge in [-0.1, -0.05) is 0 Å². The second-order valence-electron chi connectivity index (χ2n) is 6.75. The lowest BCUT2D eigenvalue weighted by atomic mass is 10.2. The molecule has 1 aromatic heterocycles. The summed E-state index contributed by atoms with van der Waals surface area (Å²) in [6, 6.07) is 12.4. The highest BCUT2D eigenvalue weighted by molar-refractivity contribution is 7.90. The van der Waals surface area contributed by atoms with Gasteiger partial charge in [0.05, 0.1) is 11.0 Å². The first-order valence-corrected chi connectivity index (χ1v) is 11.0. The lowest BCUT2D eigenvalue weighted by Crippen LogP contribution is -2.14. The van der Waals surface area contributed by atoms with E-state index in [0.29, 0.717) is 28.6 Å². The first-order chi connectivity index (χ1) is 14.2. The van der Waals surface area contributed by atoms with Crippen LogP contribution in [0.15, 0.2) is 66.0 Å². The summed E-state index contributed by atoms with van der Waals surface area (Å²) in [5.41, 5.74) is 0.314. The van der Waals surface area contributed by atoms with E-state index in [-0.39, 0.29) is 16.9 Å². The van der Waals surface area contributed by atoms with Crippen molar-refractivity contribution in [2.75, 3.05) is 11.6 Å². The Morgan fingerprint density at radius 1 is 1.00 bits per heavy atom. The first-order valence-electron chi connectivity index (χ1n) is 9.08. The Morgan fingerprint density at radius 3 is 2.30 bits per heavy atom. The summed E-state index contributed by atoms with van der Waals surface area (Å²) in [4.78, 5) is 20.6. The Bertz CT molecular complexity index is 1130. The summed E-state index contributed by atoms with van der Waals surface area (Å²) in [6.07, 6.45) is 3.89. The summed E-state index contributed by atoms with van der Waals surface area (Å²) >= 11 is 0. The molecule has 0 fully saturated rings. The molecule has 3 aromatic rings. The van der Waals surface area contributed by atoms with Gasteiger partial charge in [-0.25, -0.2) is 18.4 Å². The van der Waals surface area contributed by atoms with Gasteiger partial charge in [0.25, 0.3) is 5.91 Å². The van der Waals surface area contributed by atoms with Crippen molar-refractivity contribution in [2.45, 2.75) is 24.8 Å². The van der Waals surface area contributed by atoms with Gasteiger partial charge in [-0.15, -0.1) is 0 Å². The minimum Gasteiger partial charge on any atom is -0.491 e. The molecule has 1 amide bonds. The number of hydrogen-bond donors (Lipinski definition) is 1. The van der Waals surface area contributed by atoms with Crippen molar-refractivity contribution in [2.24, 2.45) is 0 Å². The highest BCUT2D eigenvalue weighted by atomic mass is 32.2. The fourth-order valence-electron chi connectivity index (χ4n) is 2.55. The molecule has 30 heavy (non-hydrogen) atoms. The molecule has 0 aliphatic carbocycles. The monoisotopic (exact) mass is 427 g/mol. The topological polar surface area (TPSA) is 107 Å². The molecular formula is C21H21N3O5S. The number of ether oxygens (including phenoxy) is 2. The summed E-state index contributed by atoms with van der Waals surface area (Å²) in [5.74, 6) is 1.23. The van der Waals surface area contributed by atoms with Crippen LogP contribution in [-0.2, 0) is 9.84 Å². The number of sulfone groups is 1. The molecule has 156 valence electrons. The number of nitrogens with one attached hydrogen (secondary N) is 1. The van der Waals surface area contributed by atoms with Gasteiger partial charge in [-0.05, 0) is 56.3 Å². The van der Waals surface area contributed by atoms with Gasteiger partial charge in [0.1, 0.15) is 29.4 Å². The SMILES string of the molecule is CC(C)Oc1cc(Oc2ccc(S(C)(=O)=O)cc2)cc(C(=O)Nc2ccncn2)c1. The van der Waals surface area contributed by atoms with E-state index < -0.39 is 9.84 Å². The van der Waals surface area contributed by atoms with Gasteiger partial charge in [0.2, 0.25) is 0 Å². The molecule has 9 heteroatoms. The maximum atomic E-state index is 12.7. The van der Waals surface area contributed by atoms with Gasteiger partial charge >= 0.3 is 0 Å². The number of amides is 1. The predicted octanol–water partition coefficient (Wildman–Crippen LogP) is 3.71. The lowest BCUT2D eigenvalue weighted by Gasteiger charge is -2.14. The van der Waals surface area contributed by atoms with Crippen LogP contribution in [0.5, 0.6) is 17.2 Å². The van der Waals surface area contributed by atoms with Crippen LogP contribution >= 0.6 is 0 Å². The Labute approximate surface area is 174 Å². The van der Waals surface area contributed by atoms with Crippen LogP contribution in [0.4, 0.5) is 5.82 Å². The van der Waals surface area contributed by atoms with Gasteiger partial charge in [-0.3, -0.25) is 4.79 Å². The molecule has 0 bridgehead atoms. The van der Waals surface area contributed by atoms with E-state index in [1.165, 1.54) is 24.7 Å². The lowest BCUT2D eigenvalue weighted by molar-refractivity contribution is 0.102. The fraction of sp³-hybridized carbons (Fsp3) is 0.190. The summed E-state index contributed by atoms with van der Waals surface area (Å²) < 4.78 is 34.8. The average molecular weight is 427 g/mol. The summed E-state index contributed by atoms with van der Waals surface area (Å²) in [5, 5.41) is 2.69. The third-order valence-corrected chi connectivity index (χ3v) is 4.95. The maximum Gasteiger partial charge on any atom is 0.257 e. The van der Waals surface area contributed by atoms with Gasteiger partial charge in [-0.2, -0.15) is 0 Å². The van der Waals surface area contributed by atoms with Crippen molar-refractivity contribution >= 4 is 21.6 Å². The van der Waals surface area contributed by atoms with Crippen molar-refractivity contribution in [1.29, 1.82) is 0 Å². The quantitative estimate of drug-likeness (QED) is 0.612. The van der Waals surface area contributed by atoms with Gasteiger partial charge in [0.15, 0.2) is 9.84 Å². The molecule has 3 rings (SSSR count). The van der Waals surface area contributed by atoms with E-state index in [2.05, 4.69) is 15.3 Å². The fourth-order valence-corrected chi connectivity index (χ4v) is 3.18. The highest BCUT2D eigenvalue weighted by Gasteiger charge is 2.13. The molecule has 0 saturated heterocycles. The predicted molar refractivity (Wildman–Crippen MR) is 112 cm³/mol. The number of hydrogen-bond acceptors (Lipinski definition) is 7. The Balaban J connectivity index is 1.87. The number of carbonyl (C=O) groups excluding carboxylic acids is 1. The molecule has 0 atom stereocenters. The van der Waals surface area contributed by atoms with E-state index in [1.54, 1.807) is 36.4 Å². The van der Waals surface area contributed by atoms with Crippen LogP contribution < -0.4 is 14.8 Å². The third kappa shape index (κ3) is 5.77. The minimum atomic E-state index is -3.30. The number of anilines is 1. The van der Waals surface area contributed by atoms with Crippen molar-refractivity contribution in [3.63, 3.8) is 0 Å². The molecule has 0 spiro atoms. The highest BCUT2D eigenvalue weighted by Crippen LogP contribution is 2.29. The largest absolute Gasteiger partial charge is 0.491 e. The van der Waals surface area contributed by atoms with Crippen LogP contribution in [-0.4, -0.2) is 36.7 Å². The molecule has 0 aliphatic heterocycles. The smallest absolute Gasteiger partial charge is 0.257 e. The Morgan fingerprint density at radius 2 is 1.70 bits per heavy atom. The van der Waals surface area contributed by atoms with E-state index in [1.807, 2.05) is 13.8 Å². The van der Waals surface area contributed by atoms with Crippen LogP contribution in [0.2, 0.25) is 0 Å². The second-order valence-corrected chi connectivity index (χ2v) is 8.77. The molecule has 0 radical (unpaired) electrons. The number of nitrogens with zero attached hydrogens (tertiary/aromatic N) is 2. The zero-order valence-corrected chi connectivity index (χ0v) is 17.5. The molecule has 0 unspecified atom stereocenters. The molecule has 1 heterocycles. The number of carbonyl (C=O) groups is 1. The third-order valence-electron chi connectivity index (χ3n) is 3.83. The molecule has 0 saturated carbocycles. The number of aromatic nitrogens is 2. The molecule has 0 aliphatic rings. The van der Waals surface area contributed by atoms with Crippen molar-refractivity contribution in [3.8, 4) is 17.2 Å². The van der Waals surface area contributed by atoms with Crippen LogP contribution in [0.1, 0.15) is 24.2 Å². The zero-order chi connectivity index (χ0) is 21.7. The summed E-state index contributed by atoms with van der Waals surface area (Å²) in [7, 11) is -3.30. The first kappa shape index (κ1) is 21.3. The second kappa shape index (κ2) is 8.91. The number of benzene rings is 2.